The summed E-state index contributed by atoms with van der Waals surface area (Å²) in [5.74, 6) is 2.76. The van der Waals surface area contributed by atoms with Gasteiger partial charge in [0.2, 0.25) is 0 Å². The van der Waals surface area contributed by atoms with Crippen LogP contribution in [0.3, 0.4) is 0 Å². The fourth-order valence-electron chi connectivity index (χ4n) is 4.19. The predicted molar refractivity (Wildman–Crippen MR) is 84.2 cm³/mol. The van der Waals surface area contributed by atoms with E-state index in [2.05, 4.69) is 17.2 Å². The van der Waals surface area contributed by atoms with Crippen molar-refractivity contribution in [1.29, 1.82) is 0 Å². The maximum Gasteiger partial charge on any atom is 0.0760 e. The number of rotatable bonds is 5. The lowest BCUT2D eigenvalue weighted by molar-refractivity contribution is 0.278. The third-order valence-electron chi connectivity index (χ3n) is 5.04. The standard InChI is InChI=1S/C16H22Cl2N2/c1-2-19-15(16-14(18)8-13(17)9-20-16)7-12-6-10-3-4-11(12)5-10/h8-12,15,19H,2-7H2,1H3. The molecule has 1 N–H and O–H groups in total. The van der Waals surface area contributed by atoms with Crippen molar-refractivity contribution in [3.63, 3.8) is 0 Å². The monoisotopic (exact) mass is 312 g/mol. The molecule has 2 aliphatic carbocycles. The van der Waals surface area contributed by atoms with E-state index in [-0.39, 0.29) is 6.04 Å². The molecule has 110 valence electrons. The number of fused-ring (bicyclic) bond motifs is 2. The molecule has 4 unspecified atom stereocenters. The van der Waals surface area contributed by atoms with E-state index < -0.39 is 0 Å². The second-order valence-electron chi connectivity index (χ2n) is 6.30. The van der Waals surface area contributed by atoms with Crippen LogP contribution < -0.4 is 5.32 Å². The van der Waals surface area contributed by atoms with E-state index in [0.29, 0.717) is 10.0 Å². The largest absolute Gasteiger partial charge is 0.309 e. The molecule has 1 heterocycles. The zero-order chi connectivity index (χ0) is 14.1. The summed E-state index contributed by atoms with van der Waals surface area (Å²) in [5.41, 5.74) is 0.959. The highest BCUT2D eigenvalue weighted by atomic mass is 35.5. The molecule has 2 nitrogen and oxygen atoms in total. The second-order valence-corrected chi connectivity index (χ2v) is 7.15. The van der Waals surface area contributed by atoms with Crippen molar-refractivity contribution >= 4 is 23.2 Å². The highest BCUT2D eigenvalue weighted by molar-refractivity contribution is 6.34. The minimum Gasteiger partial charge on any atom is -0.309 e. The smallest absolute Gasteiger partial charge is 0.0760 e. The summed E-state index contributed by atoms with van der Waals surface area (Å²) in [6.07, 6.45) is 8.59. The van der Waals surface area contributed by atoms with Crippen LogP contribution in [-0.4, -0.2) is 11.5 Å². The minimum atomic E-state index is 0.258. The highest BCUT2D eigenvalue weighted by Crippen LogP contribution is 2.51. The first kappa shape index (κ1) is 14.6. The van der Waals surface area contributed by atoms with Gasteiger partial charge in [-0.05, 0) is 56.0 Å². The summed E-state index contributed by atoms with van der Waals surface area (Å²) in [4.78, 5) is 4.47. The third-order valence-corrected chi connectivity index (χ3v) is 5.55. The molecule has 1 aromatic heterocycles. The number of pyridine rings is 1. The highest BCUT2D eigenvalue weighted by Gasteiger charge is 2.40. The molecule has 0 saturated heterocycles. The summed E-state index contributed by atoms with van der Waals surface area (Å²) >= 11 is 12.3. The van der Waals surface area contributed by atoms with Crippen LogP contribution in [0.25, 0.3) is 0 Å². The Balaban J connectivity index is 1.75. The van der Waals surface area contributed by atoms with Gasteiger partial charge < -0.3 is 5.32 Å². The number of hydrogen-bond donors (Lipinski definition) is 1. The Morgan fingerprint density at radius 2 is 2.20 bits per heavy atom. The molecule has 0 spiro atoms. The van der Waals surface area contributed by atoms with Crippen molar-refractivity contribution in [2.24, 2.45) is 17.8 Å². The van der Waals surface area contributed by atoms with Crippen molar-refractivity contribution in [3.05, 3.63) is 28.0 Å². The number of nitrogens with one attached hydrogen (secondary N) is 1. The Morgan fingerprint density at radius 1 is 1.35 bits per heavy atom. The van der Waals surface area contributed by atoms with Gasteiger partial charge in [-0.1, -0.05) is 36.5 Å². The Labute approximate surface area is 131 Å². The number of nitrogens with zero attached hydrogens (tertiary/aromatic N) is 1. The molecule has 0 amide bonds. The van der Waals surface area contributed by atoms with Crippen LogP contribution in [0.5, 0.6) is 0 Å². The van der Waals surface area contributed by atoms with Crippen molar-refractivity contribution in [2.45, 2.75) is 45.1 Å². The lowest BCUT2D eigenvalue weighted by Gasteiger charge is -2.27. The first-order chi connectivity index (χ1) is 9.67. The molecule has 2 bridgehead atoms. The molecule has 0 aliphatic heterocycles. The molecule has 3 rings (SSSR count). The van der Waals surface area contributed by atoms with E-state index in [1.807, 2.05) is 0 Å². The van der Waals surface area contributed by atoms with Gasteiger partial charge in [0, 0.05) is 6.20 Å². The molecule has 0 aromatic carbocycles. The molecule has 2 saturated carbocycles. The second kappa shape index (κ2) is 6.21. The van der Waals surface area contributed by atoms with Gasteiger partial charge in [-0.3, -0.25) is 4.98 Å². The fraction of sp³-hybridized carbons (Fsp3) is 0.688. The van der Waals surface area contributed by atoms with Crippen LogP contribution in [-0.2, 0) is 0 Å². The quantitative estimate of drug-likeness (QED) is 0.839. The lowest BCUT2D eigenvalue weighted by Crippen LogP contribution is -2.26. The van der Waals surface area contributed by atoms with Gasteiger partial charge in [-0.2, -0.15) is 0 Å². The van der Waals surface area contributed by atoms with E-state index in [9.17, 15) is 0 Å². The van der Waals surface area contributed by atoms with Crippen molar-refractivity contribution in [2.75, 3.05) is 6.54 Å². The van der Waals surface area contributed by atoms with Gasteiger partial charge in [0.1, 0.15) is 0 Å². The summed E-state index contributed by atoms with van der Waals surface area (Å²) in [6, 6.07) is 2.06. The van der Waals surface area contributed by atoms with E-state index >= 15 is 0 Å². The molecular formula is C16H22Cl2N2. The SMILES string of the molecule is CCNC(CC1CC2CCC1C2)c1ncc(Cl)cc1Cl. The number of halogens is 2. The van der Waals surface area contributed by atoms with Crippen LogP contribution in [0, 0.1) is 17.8 Å². The van der Waals surface area contributed by atoms with Crippen molar-refractivity contribution < 1.29 is 0 Å². The maximum absolute atomic E-state index is 6.34. The van der Waals surface area contributed by atoms with Crippen LogP contribution in [0.1, 0.15) is 50.8 Å². The normalized spacial score (nSPS) is 29.9. The van der Waals surface area contributed by atoms with Crippen molar-refractivity contribution in [1.82, 2.24) is 10.3 Å². The average Bonchev–Trinajstić information content (AvgIpc) is 3.00. The van der Waals surface area contributed by atoms with Gasteiger partial charge in [-0.15, -0.1) is 0 Å². The molecule has 0 radical (unpaired) electrons. The zero-order valence-corrected chi connectivity index (χ0v) is 13.4. The van der Waals surface area contributed by atoms with E-state index in [4.69, 9.17) is 23.2 Å². The Kier molecular flexibility index (Phi) is 4.54. The first-order valence-corrected chi connectivity index (χ1v) is 8.47. The lowest BCUT2D eigenvalue weighted by atomic mass is 9.83. The molecule has 4 atom stereocenters. The van der Waals surface area contributed by atoms with Crippen LogP contribution in [0.15, 0.2) is 12.3 Å². The van der Waals surface area contributed by atoms with Gasteiger partial charge in [0.05, 0.1) is 21.8 Å². The van der Waals surface area contributed by atoms with E-state index in [0.717, 1.165) is 36.4 Å². The van der Waals surface area contributed by atoms with Crippen LogP contribution in [0.2, 0.25) is 10.0 Å². The summed E-state index contributed by atoms with van der Waals surface area (Å²) in [5, 5.41) is 4.85. The first-order valence-electron chi connectivity index (χ1n) is 7.71. The third kappa shape index (κ3) is 2.98. The van der Waals surface area contributed by atoms with Gasteiger partial charge in [0.15, 0.2) is 0 Å². The molecule has 20 heavy (non-hydrogen) atoms. The Bertz CT molecular complexity index is 478. The molecule has 2 fully saturated rings. The van der Waals surface area contributed by atoms with Crippen LogP contribution >= 0.6 is 23.2 Å². The van der Waals surface area contributed by atoms with Crippen LogP contribution in [0.4, 0.5) is 0 Å². The minimum absolute atomic E-state index is 0.258. The summed E-state index contributed by atoms with van der Waals surface area (Å²) < 4.78 is 0. The van der Waals surface area contributed by atoms with Gasteiger partial charge in [0.25, 0.3) is 0 Å². The van der Waals surface area contributed by atoms with Gasteiger partial charge in [-0.25, -0.2) is 0 Å². The summed E-state index contributed by atoms with van der Waals surface area (Å²) in [7, 11) is 0. The average molecular weight is 313 g/mol. The Hall–Kier alpha value is -0.310. The van der Waals surface area contributed by atoms with Gasteiger partial charge >= 0.3 is 0 Å². The van der Waals surface area contributed by atoms with E-state index in [1.165, 1.54) is 25.7 Å². The molecule has 2 aliphatic rings. The number of hydrogen-bond acceptors (Lipinski definition) is 2. The predicted octanol–water partition coefficient (Wildman–Crippen LogP) is 4.87. The molecule has 1 aromatic rings. The summed E-state index contributed by atoms with van der Waals surface area (Å²) in [6.45, 7) is 3.07. The topological polar surface area (TPSA) is 24.9 Å². The fourth-order valence-corrected chi connectivity index (χ4v) is 4.70. The Morgan fingerprint density at radius 3 is 2.80 bits per heavy atom. The zero-order valence-electron chi connectivity index (χ0n) is 11.9. The number of aromatic nitrogens is 1. The molecule has 4 heteroatoms. The maximum atomic E-state index is 6.34. The van der Waals surface area contributed by atoms with E-state index in [1.54, 1.807) is 12.3 Å². The molecular weight excluding hydrogens is 291 g/mol. The van der Waals surface area contributed by atoms with Crippen molar-refractivity contribution in [3.8, 4) is 0 Å².